The molecule has 0 spiro atoms. The summed E-state index contributed by atoms with van der Waals surface area (Å²) in [5.41, 5.74) is 0.691. The van der Waals surface area contributed by atoms with Gasteiger partial charge in [-0.3, -0.25) is 4.79 Å². The molecule has 2 aromatic rings. The highest BCUT2D eigenvalue weighted by molar-refractivity contribution is 5.75. The highest BCUT2D eigenvalue weighted by Gasteiger charge is 2.09. The Hall–Kier alpha value is -2.24. The zero-order chi connectivity index (χ0) is 14.4. The van der Waals surface area contributed by atoms with E-state index in [9.17, 15) is 9.18 Å². The molecule has 1 amide bonds. The lowest BCUT2D eigenvalue weighted by Gasteiger charge is -2.00. The van der Waals surface area contributed by atoms with Crippen molar-refractivity contribution >= 4 is 5.91 Å². The van der Waals surface area contributed by atoms with Crippen molar-refractivity contribution in [2.45, 2.75) is 26.2 Å². The Kier molecular flexibility index (Phi) is 4.81. The Bertz CT molecular complexity index is 566. The van der Waals surface area contributed by atoms with Gasteiger partial charge in [0.15, 0.2) is 0 Å². The molecular weight excluding hydrogens is 261 g/mol. The van der Waals surface area contributed by atoms with Crippen molar-refractivity contribution in [1.82, 2.24) is 15.5 Å². The lowest BCUT2D eigenvalue weighted by Crippen LogP contribution is -2.25. The van der Waals surface area contributed by atoms with E-state index in [4.69, 9.17) is 4.52 Å². The van der Waals surface area contributed by atoms with Gasteiger partial charge in [-0.1, -0.05) is 12.1 Å². The van der Waals surface area contributed by atoms with Crippen molar-refractivity contribution < 1.29 is 13.7 Å². The van der Waals surface area contributed by atoms with Crippen molar-refractivity contribution in [2.24, 2.45) is 0 Å². The molecule has 1 aromatic carbocycles. The van der Waals surface area contributed by atoms with Crippen LogP contribution in [0.4, 0.5) is 4.39 Å². The topological polar surface area (TPSA) is 68.0 Å². The Morgan fingerprint density at radius 2 is 2.10 bits per heavy atom. The smallest absolute Gasteiger partial charge is 0.228 e. The average molecular weight is 277 g/mol. The molecule has 1 aromatic heterocycles. The zero-order valence-corrected chi connectivity index (χ0v) is 11.2. The molecule has 0 atom stereocenters. The summed E-state index contributed by atoms with van der Waals surface area (Å²) in [5.74, 6) is 0.572. The summed E-state index contributed by atoms with van der Waals surface area (Å²) < 4.78 is 17.9. The Balaban J connectivity index is 1.89. The van der Waals surface area contributed by atoms with E-state index in [2.05, 4.69) is 15.5 Å². The number of hydrogen-bond acceptors (Lipinski definition) is 4. The van der Waals surface area contributed by atoms with Gasteiger partial charge in [-0.05, 0) is 30.7 Å². The van der Waals surface area contributed by atoms with Crippen LogP contribution in [0.2, 0.25) is 0 Å². The largest absolute Gasteiger partial charge is 0.356 e. The number of hydrogen-bond donors (Lipinski definition) is 1. The summed E-state index contributed by atoms with van der Waals surface area (Å²) in [6, 6.07) is 5.87. The van der Waals surface area contributed by atoms with Crippen molar-refractivity contribution in [3.05, 3.63) is 36.0 Å². The van der Waals surface area contributed by atoms with Gasteiger partial charge in [-0.25, -0.2) is 4.39 Å². The third kappa shape index (κ3) is 3.88. The van der Waals surface area contributed by atoms with Crippen LogP contribution in [0.15, 0.2) is 28.8 Å². The molecule has 0 aliphatic heterocycles. The molecule has 0 saturated carbocycles. The molecule has 0 bridgehead atoms. The van der Waals surface area contributed by atoms with Crippen LogP contribution in [0.25, 0.3) is 11.4 Å². The molecule has 5 nitrogen and oxygen atoms in total. The van der Waals surface area contributed by atoms with Crippen LogP contribution in [0.5, 0.6) is 0 Å². The number of halogens is 1. The van der Waals surface area contributed by atoms with Gasteiger partial charge in [-0.2, -0.15) is 4.98 Å². The first-order valence-electron chi connectivity index (χ1n) is 6.54. The third-order valence-corrected chi connectivity index (χ3v) is 2.71. The van der Waals surface area contributed by atoms with Gasteiger partial charge >= 0.3 is 0 Å². The molecule has 1 heterocycles. The number of nitrogens with one attached hydrogen (secondary N) is 1. The minimum atomic E-state index is -0.309. The fraction of sp³-hybridized carbons (Fsp3) is 0.357. The first kappa shape index (κ1) is 14.2. The van der Waals surface area contributed by atoms with Gasteiger partial charge < -0.3 is 9.84 Å². The highest BCUT2D eigenvalue weighted by Crippen LogP contribution is 2.16. The molecule has 106 valence electrons. The Labute approximate surface area is 116 Å². The monoisotopic (exact) mass is 277 g/mol. The van der Waals surface area contributed by atoms with E-state index < -0.39 is 0 Å². The number of carbonyl (C=O) groups is 1. The number of benzene rings is 1. The Morgan fingerprint density at radius 1 is 1.35 bits per heavy atom. The average Bonchev–Trinajstić information content (AvgIpc) is 2.89. The first-order chi connectivity index (χ1) is 9.69. The van der Waals surface area contributed by atoms with E-state index in [-0.39, 0.29) is 11.7 Å². The van der Waals surface area contributed by atoms with Gasteiger partial charge in [0, 0.05) is 24.9 Å². The van der Waals surface area contributed by atoms with Gasteiger partial charge in [-0.15, -0.1) is 0 Å². The number of rotatable bonds is 6. The predicted molar refractivity (Wildman–Crippen MR) is 71.3 cm³/mol. The van der Waals surface area contributed by atoms with Crippen LogP contribution in [0.3, 0.4) is 0 Å². The van der Waals surface area contributed by atoms with Crippen molar-refractivity contribution in [1.29, 1.82) is 0 Å². The predicted octanol–water partition coefficient (Wildman–Crippen LogP) is 2.33. The highest BCUT2D eigenvalue weighted by atomic mass is 19.1. The lowest BCUT2D eigenvalue weighted by atomic mass is 10.2. The van der Waals surface area contributed by atoms with Gasteiger partial charge in [0.2, 0.25) is 17.6 Å². The third-order valence-electron chi connectivity index (χ3n) is 2.71. The van der Waals surface area contributed by atoms with E-state index in [1.165, 1.54) is 12.1 Å². The minimum Gasteiger partial charge on any atom is -0.356 e. The van der Waals surface area contributed by atoms with Crippen LogP contribution in [-0.4, -0.2) is 22.6 Å². The number of carbonyl (C=O) groups excluding carboxylic acids is 1. The molecule has 0 fully saturated rings. The van der Waals surface area contributed by atoms with E-state index >= 15 is 0 Å². The van der Waals surface area contributed by atoms with Crippen molar-refractivity contribution in [3.63, 3.8) is 0 Å². The maximum absolute atomic E-state index is 12.8. The van der Waals surface area contributed by atoms with E-state index in [0.29, 0.717) is 36.7 Å². The molecule has 6 heteroatoms. The van der Waals surface area contributed by atoms with E-state index in [0.717, 1.165) is 6.42 Å². The van der Waals surface area contributed by atoms with E-state index in [1.54, 1.807) is 12.1 Å². The molecule has 0 radical (unpaired) electrons. The molecule has 0 aliphatic rings. The summed E-state index contributed by atoms with van der Waals surface area (Å²) in [5, 5.41) is 6.60. The summed E-state index contributed by atoms with van der Waals surface area (Å²) >= 11 is 0. The molecule has 0 unspecified atom stereocenters. The minimum absolute atomic E-state index is 0.0192. The van der Waals surface area contributed by atoms with Crippen LogP contribution in [0.1, 0.15) is 25.7 Å². The van der Waals surface area contributed by atoms with E-state index in [1.807, 2.05) is 6.92 Å². The zero-order valence-electron chi connectivity index (χ0n) is 11.2. The standard InChI is InChI=1S/C14H16FN3O2/c1-2-3-12(19)16-9-8-13-17-14(18-20-13)10-4-6-11(15)7-5-10/h4-7H,2-3,8-9H2,1H3,(H,16,19). The van der Waals surface area contributed by atoms with Crippen LogP contribution in [0, 0.1) is 5.82 Å². The molecule has 2 rings (SSSR count). The van der Waals surface area contributed by atoms with Gasteiger partial charge in [0.25, 0.3) is 0 Å². The lowest BCUT2D eigenvalue weighted by molar-refractivity contribution is -0.121. The quantitative estimate of drug-likeness (QED) is 0.880. The molecular formula is C14H16FN3O2. The summed E-state index contributed by atoms with van der Waals surface area (Å²) in [6.07, 6.45) is 1.81. The second kappa shape index (κ2) is 6.79. The molecule has 20 heavy (non-hydrogen) atoms. The number of nitrogens with zero attached hydrogens (tertiary/aromatic N) is 2. The fourth-order valence-electron chi connectivity index (χ4n) is 1.70. The maximum Gasteiger partial charge on any atom is 0.228 e. The summed E-state index contributed by atoms with van der Waals surface area (Å²) in [4.78, 5) is 15.5. The van der Waals surface area contributed by atoms with Crippen molar-refractivity contribution in [3.8, 4) is 11.4 Å². The van der Waals surface area contributed by atoms with Crippen molar-refractivity contribution in [2.75, 3.05) is 6.54 Å². The fourth-order valence-corrected chi connectivity index (χ4v) is 1.70. The molecule has 1 N–H and O–H groups in total. The molecule has 0 aliphatic carbocycles. The second-order valence-corrected chi connectivity index (χ2v) is 4.37. The van der Waals surface area contributed by atoms with Crippen LogP contribution in [-0.2, 0) is 11.2 Å². The summed E-state index contributed by atoms with van der Waals surface area (Å²) in [7, 11) is 0. The number of amides is 1. The maximum atomic E-state index is 12.8. The van der Waals surface area contributed by atoms with Gasteiger partial charge in [0.05, 0.1) is 0 Å². The van der Waals surface area contributed by atoms with Crippen LogP contribution >= 0.6 is 0 Å². The summed E-state index contributed by atoms with van der Waals surface area (Å²) in [6.45, 7) is 2.41. The second-order valence-electron chi connectivity index (χ2n) is 4.37. The first-order valence-corrected chi connectivity index (χ1v) is 6.54. The van der Waals surface area contributed by atoms with Gasteiger partial charge in [0.1, 0.15) is 5.82 Å². The number of aromatic nitrogens is 2. The SMILES string of the molecule is CCCC(=O)NCCc1nc(-c2ccc(F)cc2)no1. The Morgan fingerprint density at radius 3 is 2.80 bits per heavy atom. The van der Waals surface area contributed by atoms with Crippen LogP contribution < -0.4 is 5.32 Å². The molecule has 0 saturated heterocycles. The normalized spacial score (nSPS) is 10.5.